The van der Waals surface area contributed by atoms with E-state index < -0.39 is 0 Å². The van der Waals surface area contributed by atoms with Gasteiger partial charge in [0.05, 0.1) is 37.6 Å². The van der Waals surface area contributed by atoms with Gasteiger partial charge in [-0.15, -0.1) is 0 Å². The smallest absolute Gasteiger partial charge is 0.242 e. The van der Waals surface area contributed by atoms with Crippen molar-refractivity contribution in [1.29, 1.82) is 0 Å². The van der Waals surface area contributed by atoms with Crippen LogP contribution in [0.1, 0.15) is 26.2 Å². The molecule has 0 saturated carbocycles. The number of morpholine rings is 1. The van der Waals surface area contributed by atoms with E-state index in [4.69, 9.17) is 13.9 Å². The fourth-order valence-electron chi connectivity index (χ4n) is 4.50. The fourth-order valence-corrected chi connectivity index (χ4v) is 4.50. The number of oxazole rings is 1. The molecule has 2 saturated heterocycles. The minimum Gasteiger partial charge on any atom is -0.496 e. The summed E-state index contributed by atoms with van der Waals surface area (Å²) >= 11 is 0. The van der Waals surface area contributed by atoms with E-state index in [9.17, 15) is 9.59 Å². The van der Waals surface area contributed by atoms with E-state index in [1.807, 2.05) is 36.9 Å². The van der Waals surface area contributed by atoms with Crippen LogP contribution in [-0.4, -0.2) is 85.2 Å². The van der Waals surface area contributed by atoms with E-state index in [1.165, 1.54) is 0 Å². The normalized spacial score (nSPS) is 21.8. The van der Waals surface area contributed by atoms with Crippen LogP contribution < -0.4 is 9.64 Å². The van der Waals surface area contributed by atoms with Gasteiger partial charge in [-0.25, -0.2) is 4.98 Å². The number of rotatable bonds is 5. The molecular weight excluding hydrogens is 424 g/mol. The van der Waals surface area contributed by atoms with E-state index in [-0.39, 0.29) is 30.6 Å². The maximum atomic E-state index is 12.9. The molecule has 3 heterocycles. The molecule has 2 aliphatic heterocycles. The van der Waals surface area contributed by atoms with Gasteiger partial charge in [0.15, 0.2) is 11.7 Å². The Hall–Kier alpha value is -3.07. The van der Waals surface area contributed by atoms with Gasteiger partial charge in [0, 0.05) is 57.8 Å². The molecule has 0 radical (unpaired) electrons. The summed E-state index contributed by atoms with van der Waals surface area (Å²) in [4.78, 5) is 35.4. The summed E-state index contributed by atoms with van der Waals surface area (Å²) in [7, 11) is 1.62. The summed E-state index contributed by atoms with van der Waals surface area (Å²) in [6.45, 7) is 8.68. The van der Waals surface area contributed by atoms with Gasteiger partial charge in [-0.05, 0) is 26.0 Å². The first-order chi connectivity index (χ1) is 15.8. The second kappa shape index (κ2) is 9.82. The van der Waals surface area contributed by atoms with E-state index in [2.05, 4.69) is 9.88 Å². The van der Waals surface area contributed by atoms with Crippen LogP contribution in [0.3, 0.4) is 0 Å². The second-order valence-electron chi connectivity index (χ2n) is 8.74. The van der Waals surface area contributed by atoms with Gasteiger partial charge in [-0.2, -0.15) is 0 Å². The number of aryl methyl sites for hydroxylation is 1. The average molecular weight is 457 g/mol. The average Bonchev–Trinajstić information content (AvgIpc) is 3.14. The molecule has 2 amide bonds. The fraction of sp³-hybridized carbons (Fsp3) is 0.542. The van der Waals surface area contributed by atoms with Gasteiger partial charge >= 0.3 is 0 Å². The maximum Gasteiger partial charge on any atom is 0.242 e. The number of hydrogen-bond donors (Lipinski definition) is 0. The van der Waals surface area contributed by atoms with Gasteiger partial charge in [0.2, 0.25) is 11.8 Å². The van der Waals surface area contributed by atoms with Crippen LogP contribution in [-0.2, 0) is 14.3 Å². The Labute approximate surface area is 194 Å². The first-order valence-corrected chi connectivity index (χ1v) is 11.4. The van der Waals surface area contributed by atoms with Crippen molar-refractivity contribution in [2.75, 3.05) is 51.3 Å². The van der Waals surface area contributed by atoms with Crippen molar-refractivity contribution in [3.63, 3.8) is 0 Å². The second-order valence-corrected chi connectivity index (χ2v) is 8.74. The molecule has 1 aromatic heterocycles. The molecule has 2 fully saturated rings. The lowest BCUT2D eigenvalue weighted by Crippen LogP contribution is -2.51. The number of carbonyl (C=O) groups excluding carboxylic acids is 2. The minimum absolute atomic E-state index is 0.000858. The SMILES string of the molecule is COc1cc(N2CCC(=O)N(CC(=O)N3C[C@@H](C)O[C@@H](C)C3)CC2)ccc1-c1cnc(C)o1. The van der Waals surface area contributed by atoms with Crippen LogP contribution in [0.4, 0.5) is 5.69 Å². The number of benzene rings is 1. The molecule has 9 nitrogen and oxygen atoms in total. The predicted molar refractivity (Wildman–Crippen MR) is 123 cm³/mol. The van der Waals surface area contributed by atoms with Crippen LogP contribution in [0.2, 0.25) is 0 Å². The maximum absolute atomic E-state index is 12.9. The molecule has 9 heteroatoms. The Morgan fingerprint density at radius 1 is 1.18 bits per heavy atom. The quantitative estimate of drug-likeness (QED) is 0.682. The summed E-state index contributed by atoms with van der Waals surface area (Å²) in [6.07, 6.45) is 2.05. The monoisotopic (exact) mass is 456 g/mol. The van der Waals surface area contributed by atoms with E-state index >= 15 is 0 Å². The standard InChI is InChI=1S/C24H32N4O5/c1-16-13-28(14-17(2)32-16)24(30)15-27-10-9-26(8-7-23(27)29)19-5-6-20(21(11-19)31-4)22-12-25-18(3)33-22/h5-6,11-12,16-17H,7-10,13-15H2,1-4H3/t16-,17+. The van der Waals surface area contributed by atoms with E-state index in [0.29, 0.717) is 56.5 Å². The van der Waals surface area contributed by atoms with Crippen LogP contribution in [0.15, 0.2) is 28.8 Å². The van der Waals surface area contributed by atoms with Crippen LogP contribution in [0, 0.1) is 6.92 Å². The zero-order chi connectivity index (χ0) is 23.5. The highest BCUT2D eigenvalue weighted by molar-refractivity contribution is 5.85. The first kappa shape index (κ1) is 23.1. The predicted octanol–water partition coefficient (Wildman–Crippen LogP) is 2.33. The lowest BCUT2D eigenvalue weighted by Gasteiger charge is -2.36. The van der Waals surface area contributed by atoms with Gasteiger partial charge in [0.1, 0.15) is 5.75 Å². The molecule has 0 bridgehead atoms. The van der Waals surface area contributed by atoms with Crippen molar-refractivity contribution in [1.82, 2.24) is 14.8 Å². The third-order valence-electron chi connectivity index (χ3n) is 6.12. The summed E-state index contributed by atoms with van der Waals surface area (Å²) < 4.78 is 17.0. The van der Waals surface area contributed by atoms with Gasteiger partial charge in [-0.3, -0.25) is 9.59 Å². The van der Waals surface area contributed by atoms with Crippen molar-refractivity contribution in [2.24, 2.45) is 0 Å². The topological polar surface area (TPSA) is 88.4 Å². The summed E-state index contributed by atoms with van der Waals surface area (Å²) in [5, 5.41) is 0. The lowest BCUT2D eigenvalue weighted by molar-refractivity contribution is -0.148. The first-order valence-electron chi connectivity index (χ1n) is 11.4. The highest BCUT2D eigenvalue weighted by Gasteiger charge is 2.29. The molecule has 2 aliphatic rings. The highest BCUT2D eigenvalue weighted by atomic mass is 16.5. The summed E-state index contributed by atoms with van der Waals surface area (Å²) in [6, 6.07) is 5.90. The van der Waals surface area contributed by atoms with Gasteiger partial charge < -0.3 is 28.6 Å². The molecule has 0 spiro atoms. The molecule has 2 atom stereocenters. The molecule has 33 heavy (non-hydrogen) atoms. The number of anilines is 1. The van der Waals surface area contributed by atoms with Crippen LogP contribution in [0.5, 0.6) is 5.75 Å². The Morgan fingerprint density at radius 2 is 1.94 bits per heavy atom. The number of carbonyl (C=O) groups is 2. The zero-order valence-electron chi connectivity index (χ0n) is 19.7. The molecular formula is C24H32N4O5. The molecule has 2 aromatic rings. The van der Waals surface area contributed by atoms with Crippen molar-refractivity contribution < 1.29 is 23.5 Å². The highest BCUT2D eigenvalue weighted by Crippen LogP contribution is 2.34. The number of methoxy groups -OCH3 is 1. The number of amides is 2. The molecule has 0 aliphatic carbocycles. The molecule has 178 valence electrons. The Bertz CT molecular complexity index is 996. The molecule has 1 aromatic carbocycles. The van der Waals surface area contributed by atoms with Crippen molar-refractivity contribution in [3.8, 4) is 17.1 Å². The Kier molecular flexibility index (Phi) is 6.88. The third kappa shape index (κ3) is 5.30. The van der Waals surface area contributed by atoms with Gasteiger partial charge in [-0.1, -0.05) is 0 Å². The van der Waals surface area contributed by atoms with E-state index in [1.54, 1.807) is 25.1 Å². The van der Waals surface area contributed by atoms with Crippen molar-refractivity contribution in [3.05, 3.63) is 30.3 Å². The summed E-state index contributed by atoms with van der Waals surface area (Å²) in [5.41, 5.74) is 1.79. The minimum atomic E-state index is -0.0211. The number of hydrogen-bond acceptors (Lipinski definition) is 7. The number of ether oxygens (including phenoxy) is 2. The number of nitrogens with zero attached hydrogens (tertiary/aromatic N) is 4. The van der Waals surface area contributed by atoms with Crippen molar-refractivity contribution >= 4 is 17.5 Å². The van der Waals surface area contributed by atoms with Crippen LogP contribution in [0.25, 0.3) is 11.3 Å². The molecule has 4 rings (SSSR count). The number of aromatic nitrogens is 1. The molecule has 0 N–H and O–H groups in total. The third-order valence-corrected chi connectivity index (χ3v) is 6.12. The zero-order valence-corrected chi connectivity index (χ0v) is 19.7. The largest absolute Gasteiger partial charge is 0.496 e. The van der Waals surface area contributed by atoms with Gasteiger partial charge in [0.25, 0.3) is 0 Å². The van der Waals surface area contributed by atoms with E-state index in [0.717, 1.165) is 11.3 Å². The lowest BCUT2D eigenvalue weighted by atomic mass is 10.1. The van der Waals surface area contributed by atoms with Crippen molar-refractivity contribution in [2.45, 2.75) is 39.4 Å². The summed E-state index contributed by atoms with van der Waals surface area (Å²) in [5.74, 6) is 1.91. The van der Waals surface area contributed by atoms with Crippen LogP contribution >= 0.6 is 0 Å². The Morgan fingerprint density at radius 3 is 2.61 bits per heavy atom. The Balaban J connectivity index is 1.42. The molecule has 0 unspecified atom stereocenters.